The summed E-state index contributed by atoms with van der Waals surface area (Å²) in [6, 6.07) is 10.2. The average Bonchev–Trinajstić information content (AvgIpc) is 2.34. The first-order chi connectivity index (χ1) is 8.15. The monoisotopic (exact) mass is 246 g/mol. The number of Topliss-reactive ketones (excluding diaryl/α,β-unsaturated/α-hetero) is 1. The van der Waals surface area contributed by atoms with Crippen molar-refractivity contribution in [2.45, 2.75) is 25.2 Å². The summed E-state index contributed by atoms with van der Waals surface area (Å²) in [4.78, 5) is 12.7. The predicted molar refractivity (Wildman–Crippen MR) is 75.4 cm³/mol. The molecule has 2 heteroatoms. The summed E-state index contributed by atoms with van der Waals surface area (Å²) in [6.45, 7) is 7.33. The Hall–Kier alpha value is -1.28. The normalized spacial score (nSPS) is 11.9. The van der Waals surface area contributed by atoms with E-state index < -0.39 is 0 Å². The van der Waals surface area contributed by atoms with E-state index in [9.17, 15) is 4.79 Å². The molecule has 0 amide bonds. The van der Waals surface area contributed by atoms with Crippen molar-refractivity contribution in [1.29, 1.82) is 0 Å². The van der Waals surface area contributed by atoms with Crippen LogP contribution in [0.1, 0.15) is 20.3 Å². The molecule has 0 spiro atoms. The largest absolute Gasteiger partial charge is 0.295 e. The SMILES string of the molecule is C=CCC(C(C)=O)=C(C)CSc1ccccc1. The lowest BCUT2D eigenvalue weighted by Gasteiger charge is -2.07. The molecule has 0 unspecified atom stereocenters. The van der Waals surface area contributed by atoms with Crippen molar-refractivity contribution in [1.82, 2.24) is 0 Å². The van der Waals surface area contributed by atoms with Crippen LogP contribution in [0.25, 0.3) is 0 Å². The molecular weight excluding hydrogens is 228 g/mol. The lowest BCUT2D eigenvalue weighted by molar-refractivity contribution is -0.113. The van der Waals surface area contributed by atoms with Crippen LogP contribution in [0.2, 0.25) is 0 Å². The minimum Gasteiger partial charge on any atom is -0.295 e. The lowest BCUT2D eigenvalue weighted by Crippen LogP contribution is -2.01. The highest BCUT2D eigenvalue weighted by molar-refractivity contribution is 7.99. The Kier molecular flexibility index (Phi) is 5.78. The molecule has 0 bridgehead atoms. The van der Waals surface area contributed by atoms with Crippen molar-refractivity contribution < 1.29 is 4.79 Å². The van der Waals surface area contributed by atoms with E-state index >= 15 is 0 Å². The van der Waals surface area contributed by atoms with E-state index in [0.29, 0.717) is 6.42 Å². The Balaban J connectivity index is 2.69. The maximum absolute atomic E-state index is 11.5. The molecule has 0 heterocycles. The topological polar surface area (TPSA) is 17.1 Å². The van der Waals surface area contributed by atoms with E-state index in [1.165, 1.54) is 4.90 Å². The molecule has 17 heavy (non-hydrogen) atoms. The van der Waals surface area contributed by atoms with E-state index in [4.69, 9.17) is 0 Å². The third-order valence-electron chi connectivity index (χ3n) is 2.49. The van der Waals surface area contributed by atoms with Crippen molar-refractivity contribution in [3.63, 3.8) is 0 Å². The summed E-state index contributed by atoms with van der Waals surface area (Å²) in [7, 11) is 0. The van der Waals surface area contributed by atoms with Gasteiger partial charge in [0.15, 0.2) is 5.78 Å². The second-order valence-electron chi connectivity index (χ2n) is 3.91. The van der Waals surface area contributed by atoms with Crippen LogP contribution in [0.5, 0.6) is 0 Å². The number of carbonyl (C=O) groups excluding carboxylic acids is 1. The lowest BCUT2D eigenvalue weighted by atomic mass is 10.0. The van der Waals surface area contributed by atoms with Crippen LogP contribution in [0.15, 0.2) is 59.0 Å². The van der Waals surface area contributed by atoms with Gasteiger partial charge in [0, 0.05) is 10.6 Å². The number of benzene rings is 1. The fourth-order valence-electron chi connectivity index (χ4n) is 1.56. The van der Waals surface area contributed by atoms with Crippen molar-refractivity contribution >= 4 is 17.5 Å². The van der Waals surface area contributed by atoms with Gasteiger partial charge in [0.2, 0.25) is 0 Å². The highest BCUT2D eigenvalue weighted by Crippen LogP contribution is 2.22. The van der Waals surface area contributed by atoms with E-state index in [1.807, 2.05) is 25.1 Å². The number of carbonyl (C=O) groups is 1. The van der Waals surface area contributed by atoms with Gasteiger partial charge in [-0.05, 0) is 38.0 Å². The molecular formula is C15H18OS. The maximum Gasteiger partial charge on any atom is 0.156 e. The standard InChI is InChI=1S/C15H18OS/c1-4-8-15(13(3)16)12(2)11-17-14-9-6-5-7-10-14/h4-7,9-10H,1,8,11H2,2-3H3. The third kappa shape index (κ3) is 4.61. The van der Waals surface area contributed by atoms with E-state index in [-0.39, 0.29) is 5.78 Å². The van der Waals surface area contributed by atoms with Gasteiger partial charge >= 0.3 is 0 Å². The van der Waals surface area contributed by atoms with Gasteiger partial charge in [-0.25, -0.2) is 0 Å². The van der Waals surface area contributed by atoms with Gasteiger partial charge in [0.1, 0.15) is 0 Å². The summed E-state index contributed by atoms with van der Waals surface area (Å²) in [5, 5.41) is 0. The summed E-state index contributed by atoms with van der Waals surface area (Å²) in [5.41, 5.74) is 2.04. The van der Waals surface area contributed by atoms with Crippen molar-refractivity contribution in [3.8, 4) is 0 Å². The molecule has 0 aliphatic rings. The second-order valence-corrected chi connectivity index (χ2v) is 4.96. The van der Waals surface area contributed by atoms with Gasteiger partial charge in [-0.15, -0.1) is 18.3 Å². The molecule has 1 aromatic rings. The Bertz CT molecular complexity index is 418. The molecule has 0 saturated heterocycles. The highest BCUT2D eigenvalue weighted by atomic mass is 32.2. The van der Waals surface area contributed by atoms with E-state index in [2.05, 4.69) is 18.7 Å². The molecule has 0 aromatic heterocycles. The fourth-order valence-corrected chi connectivity index (χ4v) is 2.47. The quantitative estimate of drug-likeness (QED) is 0.424. The molecule has 90 valence electrons. The average molecular weight is 246 g/mol. The summed E-state index contributed by atoms with van der Waals surface area (Å²) in [6.07, 6.45) is 2.45. The summed E-state index contributed by atoms with van der Waals surface area (Å²) >= 11 is 1.76. The Morgan fingerprint density at radius 1 is 1.29 bits per heavy atom. The first-order valence-electron chi connectivity index (χ1n) is 5.63. The summed E-state index contributed by atoms with van der Waals surface area (Å²) < 4.78 is 0. The van der Waals surface area contributed by atoms with Crippen LogP contribution in [-0.4, -0.2) is 11.5 Å². The smallest absolute Gasteiger partial charge is 0.156 e. The molecule has 1 aromatic carbocycles. The van der Waals surface area contributed by atoms with Crippen LogP contribution >= 0.6 is 11.8 Å². The van der Waals surface area contributed by atoms with Crippen LogP contribution in [-0.2, 0) is 4.79 Å². The van der Waals surface area contributed by atoms with Crippen LogP contribution in [0, 0.1) is 0 Å². The van der Waals surface area contributed by atoms with Gasteiger partial charge in [0.25, 0.3) is 0 Å². The van der Waals surface area contributed by atoms with Crippen LogP contribution in [0.3, 0.4) is 0 Å². The molecule has 0 saturated carbocycles. The Morgan fingerprint density at radius 3 is 2.47 bits per heavy atom. The van der Waals surface area contributed by atoms with Gasteiger partial charge < -0.3 is 0 Å². The number of thioether (sulfide) groups is 1. The second kappa shape index (κ2) is 7.13. The zero-order chi connectivity index (χ0) is 12.7. The molecule has 0 aliphatic heterocycles. The van der Waals surface area contributed by atoms with Gasteiger partial charge in [-0.1, -0.05) is 29.8 Å². The predicted octanol–water partition coefficient (Wildman–Crippen LogP) is 4.26. The third-order valence-corrected chi connectivity index (χ3v) is 3.67. The number of hydrogen-bond donors (Lipinski definition) is 0. The van der Waals surface area contributed by atoms with E-state index in [1.54, 1.807) is 24.8 Å². The number of ketones is 1. The minimum atomic E-state index is 0.149. The van der Waals surface area contributed by atoms with Crippen LogP contribution < -0.4 is 0 Å². The van der Waals surface area contributed by atoms with Gasteiger partial charge in [0.05, 0.1) is 0 Å². The number of hydrogen-bond acceptors (Lipinski definition) is 2. The highest BCUT2D eigenvalue weighted by Gasteiger charge is 2.06. The van der Waals surface area contributed by atoms with Crippen LogP contribution in [0.4, 0.5) is 0 Å². The van der Waals surface area contributed by atoms with Crippen molar-refractivity contribution in [3.05, 3.63) is 54.1 Å². The fraction of sp³-hybridized carbons (Fsp3) is 0.267. The zero-order valence-corrected chi connectivity index (χ0v) is 11.2. The zero-order valence-electron chi connectivity index (χ0n) is 10.4. The minimum absolute atomic E-state index is 0.149. The molecule has 1 rings (SSSR count). The maximum atomic E-state index is 11.5. The van der Waals surface area contributed by atoms with E-state index in [0.717, 1.165) is 16.9 Å². The van der Waals surface area contributed by atoms with Gasteiger partial charge in [-0.3, -0.25) is 4.79 Å². The molecule has 0 fully saturated rings. The summed E-state index contributed by atoms with van der Waals surface area (Å²) in [5.74, 6) is 1.00. The molecule has 0 atom stereocenters. The van der Waals surface area contributed by atoms with Crippen molar-refractivity contribution in [2.24, 2.45) is 0 Å². The number of allylic oxidation sites excluding steroid dienone is 2. The van der Waals surface area contributed by atoms with Gasteiger partial charge in [-0.2, -0.15) is 0 Å². The molecule has 0 radical (unpaired) electrons. The molecule has 1 nitrogen and oxygen atoms in total. The Morgan fingerprint density at radius 2 is 1.94 bits per heavy atom. The molecule has 0 aliphatic carbocycles. The Labute approximate surface area is 108 Å². The first kappa shape index (κ1) is 13.8. The first-order valence-corrected chi connectivity index (χ1v) is 6.62. The van der Waals surface area contributed by atoms with Crippen molar-refractivity contribution in [2.75, 3.05) is 5.75 Å². The number of rotatable bonds is 6. The molecule has 0 N–H and O–H groups in total.